The molecular weight excluding hydrogens is 362 g/mol. The van der Waals surface area contributed by atoms with E-state index in [1.807, 2.05) is 23.1 Å². The Labute approximate surface area is 173 Å². The molecule has 2 aromatic carbocycles. The van der Waals surface area contributed by atoms with E-state index in [4.69, 9.17) is 4.74 Å². The lowest BCUT2D eigenvalue weighted by Crippen LogP contribution is -2.51. The molecule has 5 nitrogen and oxygen atoms in total. The van der Waals surface area contributed by atoms with E-state index in [0.29, 0.717) is 6.54 Å². The van der Waals surface area contributed by atoms with E-state index in [-0.39, 0.29) is 5.91 Å². The van der Waals surface area contributed by atoms with E-state index in [1.165, 1.54) is 16.8 Å². The lowest BCUT2D eigenvalue weighted by Gasteiger charge is -2.37. The summed E-state index contributed by atoms with van der Waals surface area (Å²) in [6, 6.07) is 18.7. The minimum atomic E-state index is 0.246. The number of ether oxygens (including phenoxy) is 1. The number of methoxy groups -OCH3 is 1. The highest BCUT2D eigenvalue weighted by atomic mass is 16.5. The van der Waals surface area contributed by atoms with Crippen LogP contribution in [0.3, 0.4) is 0 Å². The molecule has 2 aliphatic rings. The van der Waals surface area contributed by atoms with Crippen LogP contribution in [-0.4, -0.2) is 68.6 Å². The number of piperazine rings is 1. The average molecular weight is 392 g/mol. The standard InChI is InChI=1S/C24H29N3O2/c1-29-23-9-7-22(8-10-23)26-15-17-27(18-16-26)24(28)19-25-13-11-21(12-14-25)20-5-3-2-4-6-20/h2-11H,12-19H2,1H3. The van der Waals surface area contributed by atoms with Gasteiger partial charge in [-0.2, -0.15) is 0 Å². The van der Waals surface area contributed by atoms with Gasteiger partial charge < -0.3 is 14.5 Å². The summed E-state index contributed by atoms with van der Waals surface area (Å²) in [4.78, 5) is 19.4. The van der Waals surface area contributed by atoms with E-state index in [0.717, 1.165) is 51.4 Å². The highest BCUT2D eigenvalue weighted by Crippen LogP contribution is 2.23. The number of nitrogens with zero attached hydrogens (tertiary/aromatic N) is 3. The summed E-state index contributed by atoms with van der Waals surface area (Å²) >= 11 is 0. The van der Waals surface area contributed by atoms with Gasteiger partial charge in [0.1, 0.15) is 5.75 Å². The van der Waals surface area contributed by atoms with E-state index >= 15 is 0 Å². The third-order valence-corrected chi connectivity index (χ3v) is 5.87. The maximum atomic E-state index is 12.8. The van der Waals surface area contributed by atoms with Crippen molar-refractivity contribution in [2.75, 3.05) is 57.8 Å². The Morgan fingerprint density at radius 2 is 1.66 bits per heavy atom. The van der Waals surface area contributed by atoms with E-state index in [1.54, 1.807) is 7.11 Å². The van der Waals surface area contributed by atoms with Crippen molar-refractivity contribution in [1.82, 2.24) is 9.80 Å². The Kier molecular flexibility index (Phi) is 6.15. The Balaban J connectivity index is 1.25. The maximum Gasteiger partial charge on any atom is 0.236 e. The summed E-state index contributed by atoms with van der Waals surface area (Å²) in [6.07, 6.45) is 3.27. The summed E-state index contributed by atoms with van der Waals surface area (Å²) in [5, 5.41) is 0. The van der Waals surface area contributed by atoms with E-state index in [9.17, 15) is 4.79 Å². The van der Waals surface area contributed by atoms with Gasteiger partial charge in [0, 0.05) is 45.0 Å². The summed E-state index contributed by atoms with van der Waals surface area (Å²) in [5.41, 5.74) is 3.88. The van der Waals surface area contributed by atoms with Crippen LogP contribution in [0.5, 0.6) is 5.75 Å². The van der Waals surface area contributed by atoms with Gasteiger partial charge in [-0.05, 0) is 41.8 Å². The average Bonchev–Trinajstić information content (AvgIpc) is 2.80. The van der Waals surface area contributed by atoms with E-state index < -0.39 is 0 Å². The molecule has 0 bridgehead atoms. The predicted octanol–water partition coefficient (Wildman–Crippen LogP) is 3.13. The molecule has 0 saturated carbocycles. The van der Waals surface area contributed by atoms with Gasteiger partial charge in [-0.3, -0.25) is 9.69 Å². The van der Waals surface area contributed by atoms with Gasteiger partial charge in [0.15, 0.2) is 0 Å². The second-order valence-electron chi connectivity index (χ2n) is 7.65. The molecule has 0 N–H and O–H groups in total. The molecule has 0 aliphatic carbocycles. The molecule has 2 aromatic rings. The third kappa shape index (κ3) is 4.80. The van der Waals surface area contributed by atoms with Crippen molar-refractivity contribution in [3.63, 3.8) is 0 Å². The summed E-state index contributed by atoms with van der Waals surface area (Å²) in [7, 11) is 1.68. The molecule has 0 aromatic heterocycles. The van der Waals surface area contributed by atoms with Crippen molar-refractivity contribution < 1.29 is 9.53 Å². The molecular formula is C24H29N3O2. The Morgan fingerprint density at radius 3 is 2.28 bits per heavy atom. The number of amides is 1. The van der Waals surface area contributed by atoms with Gasteiger partial charge >= 0.3 is 0 Å². The van der Waals surface area contributed by atoms with Crippen molar-refractivity contribution in [3.8, 4) is 5.75 Å². The quantitative estimate of drug-likeness (QED) is 0.785. The van der Waals surface area contributed by atoms with Crippen molar-refractivity contribution in [3.05, 3.63) is 66.2 Å². The van der Waals surface area contributed by atoms with Gasteiger partial charge in [0.2, 0.25) is 5.91 Å². The molecule has 2 heterocycles. The van der Waals surface area contributed by atoms with Crippen molar-refractivity contribution in [1.29, 1.82) is 0 Å². The van der Waals surface area contributed by atoms with Crippen LogP contribution in [0.2, 0.25) is 0 Å². The maximum absolute atomic E-state index is 12.8. The number of carbonyl (C=O) groups is 1. The van der Waals surface area contributed by atoms with Gasteiger partial charge in [-0.1, -0.05) is 36.4 Å². The summed E-state index contributed by atoms with van der Waals surface area (Å²) in [5.74, 6) is 1.12. The van der Waals surface area contributed by atoms with E-state index in [2.05, 4.69) is 52.3 Å². The van der Waals surface area contributed by atoms with Gasteiger partial charge in [-0.15, -0.1) is 0 Å². The van der Waals surface area contributed by atoms with Crippen LogP contribution in [0.25, 0.3) is 5.57 Å². The first-order valence-corrected chi connectivity index (χ1v) is 10.4. The lowest BCUT2D eigenvalue weighted by atomic mass is 9.99. The van der Waals surface area contributed by atoms with Crippen LogP contribution in [0.15, 0.2) is 60.7 Å². The normalized spacial score (nSPS) is 17.8. The highest BCUT2D eigenvalue weighted by Gasteiger charge is 2.23. The largest absolute Gasteiger partial charge is 0.497 e. The fraction of sp³-hybridized carbons (Fsp3) is 0.375. The monoisotopic (exact) mass is 391 g/mol. The summed E-state index contributed by atoms with van der Waals surface area (Å²) < 4.78 is 5.23. The molecule has 5 heteroatoms. The number of hydrogen-bond donors (Lipinski definition) is 0. The zero-order chi connectivity index (χ0) is 20.1. The van der Waals surface area contributed by atoms with Gasteiger partial charge in [0.25, 0.3) is 0 Å². The minimum Gasteiger partial charge on any atom is -0.497 e. The number of rotatable bonds is 5. The first kappa shape index (κ1) is 19.5. The third-order valence-electron chi connectivity index (χ3n) is 5.87. The highest BCUT2D eigenvalue weighted by molar-refractivity contribution is 5.79. The molecule has 1 amide bonds. The summed E-state index contributed by atoms with van der Waals surface area (Å²) in [6.45, 7) is 5.61. The molecule has 29 heavy (non-hydrogen) atoms. The molecule has 0 unspecified atom stereocenters. The van der Waals surface area contributed by atoms with Crippen molar-refractivity contribution >= 4 is 17.2 Å². The molecule has 1 saturated heterocycles. The number of benzene rings is 2. The minimum absolute atomic E-state index is 0.246. The molecule has 0 radical (unpaired) electrons. The Bertz CT molecular complexity index is 840. The van der Waals surface area contributed by atoms with Crippen LogP contribution < -0.4 is 9.64 Å². The van der Waals surface area contributed by atoms with Gasteiger partial charge in [-0.25, -0.2) is 0 Å². The Hall–Kier alpha value is -2.79. The fourth-order valence-corrected chi connectivity index (χ4v) is 4.07. The lowest BCUT2D eigenvalue weighted by molar-refractivity contribution is -0.132. The first-order chi connectivity index (χ1) is 14.2. The van der Waals surface area contributed by atoms with Crippen LogP contribution >= 0.6 is 0 Å². The second-order valence-corrected chi connectivity index (χ2v) is 7.65. The first-order valence-electron chi connectivity index (χ1n) is 10.4. The number of carbonyl (C=O) groups excluding carboxylic acids is 1. The van der Waals surface area contributed by atoms with Crippen LogP contribution in [-0.2, 0) is 4.79 Å². The number of hydrogen-bond acceptors (Lipinski definition) is 4. The molecule has 152 valence electrons. The molecule has 1 fully saturated rings. The molecule has 0 atom stereocenters. The molecule has 2 aliphatic heterocycles. The predicted molar refractivity (Wildman–Crippen MR) is 117 cm³/mol. The Morgan fingerprint density at radius 1 is 0.931 bits per heavy atom. The van der Waals surface area contributed by atoms with Crippen LogP contribution in [0.1, 0.15) is 12.0 Å². The van der Waals surface area contributed by atoms with Crippen molar-refractivity contribution in [2.45, 2.75) is 6.42 Å². The zero-order valence-corrected chi connectivity index (χ0v) is 17.1. The van der Waals surface area contributed by atoms with Crippen molar-refractivity contribution in [2.24, 2.45) is 0 Å². The smallest absolute Gasteiger partial charge is 0.236 e. The van der Waals surface area contributed by atoms with Gasteiger partial charge in [0.05, 0.1) is 13.7 Å². The van der Waals surface area contributed by atoms with Crippen LogP contribution in [0, 0.1) is 0 Å². The zero-order valence-electron chi connectivity index (χ0n) is 17.1. The number of anilines is 1. The second kappa shape index (κ2) is 9.14. The van der Waals surface area contributed by atoms with Crippen LogP contribution in [0.4, 0.5) is 5.69 Å². The molecule has 4 rings (SSSR count). The topological polar surface area (TPSA) is 36.0 Å². The molecule has 0 spiro atoms. The fourth-order valence-electron chi connectivity index (χ4n) is 4.07. The SMILES string of the molecule is COc1ccc(N2CCN(C(=O)CN3CC=C(c4ccccc4)CC3)CC2)cc1.